The maximum absolute atomic E-state index is 12.8. The summed E-state index contributed by atoms with van der Waals surface area (Å²) < 4.78 is 6.07. The van der Waals surface area contributed by atoms with Crippen molar-refractivity contribution in [3.05, 3.63) is 62.7 Å². The average Bonchev–Trinajstić information content (AvgIpc) is 3.08. The molecule has 0 aliphatic carbocycles. The quantitative estimate of drug-likeness (QED) is 0.741. The number of esters is 1. The number of nitrogens with zero attached hydrogens (tertiary/aromatic N) is 2. The molecule has 3 heterocycles. The van der Waals surface area contributed by atoms with Crippen LogP contribution in [0.4, 0.5) is 0 Å². The Balaban J connectivity index is 2.21. The van der Waals surface area contributed by atoms with E-state index in [4.69, 9.17) is 4.74 Å². The lowest BCUT2D eigenvalue weighted by atomic mass is 9.91. The zero-order valence-corrected chi connectivity index (χ0v) is 13.1. The predicted octanol–water partition coefficient (Wildman–Crippen LogP) is 2.16. The first-order valence-electron chi connectivity index (χ1n) is 6.91. The largest absolute Gasteiger partial charge is 0.493 e. The summed E-state index contributed by atoms with van der Waals surface area (Å²) in [7, 11) is 1.29. The number of pyridine rings is 1. The molecule has 1 atom stereocenters. The van der Waals surface area contributed by atoms with Crippen LogP contribution in [-0.2, 0) is 9.53 Å². The van der Waals surface area contributed by atoms with E-state index in [0.717, 1.165) is 5.56 Å². The number of ether oxygens (including phenoxy) is 1. The molecule has 7 heteroatoms. The summed E-state index contributed by atoms with van der Waals surface area (Å²) in [5, 5.41) is 14.0. The van der Waals surface area contributed by atoms with E-state index >= 15 is 0 Å². The summed E-state index contributed by atoms with van der Waals surface area (Å²) in [6, 6.07) is 6.88. The lowest BCUT2D eigenvalue weighted by Gasteiger charge is -2.16. The maximum atomic E-state index is 12.8. The molecule has 0 saturated heterocycles. The lowest BCUT2D eigenvalue weighted by molar-refractivity contribution is -0.140. The minimum atomic E-state index is -0.606. The van der Waals surface area contributed by atoms with Gasteiger partial charge in [-0.05, 0) is 34.5 Å². The Bertz CT molecular complexity index is 902. The van der Waals surface area contributed by atoms with Crippen LogP contribution in [0, 0.1) is 0 Å². The molecule has 0 fully saturated rings. The van der Waals surface area contributed by atoms with Crippen LogP contribution in [0.1, 0.15) is 23.5 Å². The summed E-state index contributed by atoms with van der Waals surface area (Å²) in [6.07, 6.45) is 1.53. The van der Waals surface area contributed by atoms with Gasteiger partial charge >= 0.3 is 5.97 Å². The molecule has 0 saturated carbocycles. The molecule has 1 N–H and O–H groups in total. The molecule has 23 heavy (non-hydrogen) atoms. The minimum Gasteiger partial charge on any atom is -0.493 e. The Labute approximate surface area is 135 Å². The van der Waals surface area contributed by atoms with Gasteiger partial charge in [-0.2, -0.15) is 16.3 Å². The molecule has 118 valence electrons. The van der Waals surface area contributed by atoms with Crippen molar-refractivity contribution in [1.82, 2.24) is 9.38 Å². The third-order valence-electron chi connectivity index (χ3n) is 3.64. The van der Waals surface area contributed by atoms with Gasteiger partial charge in [0, 0.05) is 12.1 Å². The van der Waals surface area contributed by atoms with Gasteiger partial charge in [-0.1, -0.05) is 6.07 Å². The van der Waals surface area contributed by atoms with Crippen LogP contribution < -0.4 is 5.56 Å². The monoisotopic (exact) mass is 330 g/mol. The highest BCUT2D eigenvalue weighted by Crippen LogP contribution is 2.32. The van der Waals surface area contributed by atoms with Gasteiger partial charge in [0.2, 0.25) is 5.88 Å². The van der Waals surface area contributed by atoms with E-state index in [0.29, 0.717) is 5.65 Å². The van der Waals surface area contributed by atoms with Gasteiger partial charge in [-0.25, -0.2) is 0 Å². The van der Waals surface area contributed by atoms with Crippen LogP contribution in [-0.4, -0.2) is 27.6 Å². The molecular weight excluding hydrogens is 316 g/mol. The number of carbonyl (C=O) groups excluding carboxylic acids is 1. The Morgan fingerprint density at radius 2 is 2.26 bits per heavy atom. The topological polar surface area (TPSA) is 80.9 Å². The molecule has 0 aromatic carbocycles. The zero-order valence-electron chi connectivity index (χ0n) is 12.3. The highest BCUT2D eigenvalue weighted by Gasteiger charge is 2.27. The van der Waals surface area contributed by atoms with Crippen LogP contribution in [0.5, 0.6) is 5.88 Å². The summed E-state index contributed by atoms with van der Waals surface area (Å²) in [6.45, 7) is 0. The number of hydrogen-bond acceptors (Lipinski definition) is 6. The number of rotatable bonds is 4. The van der Waals surface area contributed by atoms with Gasteiger partial charge in [-0.3, -0.25) is 14.0 Å². The van der Waals surface area contributed by atoms with Crippen LogP contribution >= 0.6 is 11.3 Å². The normalized spacial score (nSPS) is 12.2. The first-order chi connectivity index (χ1) is 11.1. The fourth-order valence-electron chi connectivity index (χ4n) is 2.51. The van der Waals surface area contributed by atoms with Crippen molar-refractivity contribution >= 4 is 23.0 Å². The SMILES string of the molecule is COC(=O)CC(c1ccsc1)c1c(O)nc2ccccn2c1=O. The molecule has 3 rings (SSSR count). The van der Waals surface area contributed by atoms with Crippen molar-refractivity contribution in [3.63, 3.8) is 0 Å². The summed E-state index contributed by atoms with van der Waals surface area (Å²) in [4.78, 5) is 28.6. The van der Waals surface area contributed by atoms with E-state index in [1.165, 1.54) is 22.8 Å². The van der Waals surface area contributed by atoms with Crippen molar-refractivity contribution in [3.8, 4) is 5.88 Å². The molecule has 0 amide bonds. The van der Waals surface area contributed by atoms with Gasteiger partial charge in [0.05, 0.1) is 19.1 Å². The van der Waals surface area contributed by atoms with Crippen molar-refractivity contribution < 1.29 is 14.6 Å². The zero-order chi connectivity index (χ0) is 16.4. The van der Waals surface area contributed by atoms with E-state index < -0.39 is 17.4 Å². The molecule has 6 nitrogen and oxygen atoms in total. The smallest absolute Gasteiger partial charge is 0.306 e. The minimum absolute atomic E-state index is 0.0450. The number of fused-ring (bicyclic) bond motifs is 1. The van der Waals surface area contributed by atoms with Crippen LogP contribution in [0.2, 0.25) is 0 Å². The lowest BCUT2D eigenvalue weighted by Crippen LogP contribution is -2.24. The molecule has 3 aromatic rings. The number of methoxy groups -OCH3 is 1. The Kier molecular flexibility index (Phi) is 4.12. The first kappa shape index (κ1) is 15.2. The molecule has 0 aliphatic heterocycles. The first-order valence-corrected chi connectivity index (χ1v) is 7.85. The van der Waals surface area contributed by atoms with Crippen LogP contribution in [0.3, 0.4) is 0 Å². The van der Waals surface area contributed by atoms with Crippen LogP contribution in [0.15, 0.2) is 46.0 Å². The number of aromatic hydroxyl groups is 1. The van der Waals surface area contributed by atoms with Crippen LogP contribution in [0.25, 0.3) is 5.65 Å². The van der Waals surface area contributed by atoms with Gasteiger partial charge < -0.3 is 9.84 Å². The number of carbonyl (C=O) groups is 1. The van der Waals surface area contributed by atoms with Gasteiger partial charge in [0.1, 0.15) is 5.65 Å². The fourth-order valence-corrected chi connectivity index (χ4v) is 3.22. The summed E-state index contributed by atoms with van der Waals surface area (Å²) >= 11 is 1.45. The van der Waals surface area contributed by atoms with E-state index in [1.54, 1.807) is 24.4 Å². The Hall–Kier alpha value is -2.67. The van der Waals surface area contributed by atoms with Gasteiger partial charge in [0.25, 0.3) is 5.56 Å². The van der Waals surface area contributed by atoms with E-state index in [9.17, 15) is 14.7 Å². The van der Waals surface area contributed by atoms with Crippen molar-refractivity contribution in [2.75, 3.05) is 7.11 Å². The molecule has 0 bridgehead atoms. The van der Waals surface area contributed by atoms with E-state index in [2.05, 4.69) is 4.98 Å². The second-order valence-corrected chi connectivity index (χ2v) is 5.75. The van der Waals surface area contributed by atoms with E-state index in [-0.39, 0.29) is 17.9 Å². The number of aromatic nitrogens is 2. The predicted molar refractivity (Wildman–Crippen MR) is 85.9 cm³/mol. The summed E-state index contributed by atoms with van der Waals surface area (Å²) in [5.74, 6) is -1.43. The maximum Gasteiger partial charge on any atom is 0.306 e. The Morgan fingerprint density at radius 3 is 2.96 bits per heavy atom. The van der Waals surface area contributed by atoms with E-state index in [1.807, 2.05) is 16.8 Å². The third kappa shape index (κ3) is 2.83. The Morgan fingerprint density at radius 1 is 1.43 bits per heavy atom. The van der Waals surface area contributed by atoms with Crippen molar-refractivity contribution in [2.45, 2.75) is 12.3 Å². The van der Waals surface area contributed by atoms with Gasteiger partial charge in [-0.15, -0.1) is 0 Å². The third-order valence-corrected chi connectivity index (χ3v) is 4.34. The van der Waals surface area contributed by atoms with Gasteiger partial charge in [0.15, 0.2) is 0 Å². The molecule has 0 radical (unpaired) electrons. The number of hydrogen-bond donors (Lipinski definition) is 1. The van der Waals surface area contributed by atoms with Crippen molar-refractivity contribution in [2.24, 2.45) is 0 Å². The highest BCUT2D eigenvalue weighted by atomic mass is 32.1. The second kappa shape index (κ2) is 6.21. The highest BCUT2D eigenvalue weighted by molar-refractivity contribution is 7.08. The average molecular weight is 330 g/mol. The molecule has 0 aliphatic rings. The van der Waals surface area contributed by atoms with Crippen molar-refractivity contribution in [1.29, 1.82) is 0 Å². The standard InChI is InChI=1S/C16H14N2O4S/c1-22-13(19)8-11(10-5-7-23-9-10)14-15(20)17-12-4-2-3-6-18(12)16(14)21/h2-7,9,11,20H,8H2,1H3. The molecule has 1 unspecified atom stereocenters. The summed E-state index contributed by atoms with van der Waals surface area (Å²) in [5.41, 5.74) is 0.817. The number of thiophene rings is 1. The molecule has 0 spiro atoms. The molecular formula is C16H14N2O4S. The molecule has 3 aromatic heterocycles. The fraction of sp³-hybridized carbons (Fsp3) is 0.188. The second-order valence-electron chi connectivity index (χ2n) is 4.97.